The molecule has 1 aromatic heterocycles. The van der Waals surface area contributed by atoms with Gasteiger partial charge in [-0.15, -0.1) is 0 Å². The van der Waals surface area contributed by atoms with E-state index in [1.165, 1.54) is 6.08 Å². The van der Waals surface area contributed by atoms with Crippen molar-refractivity contribution in [3.05, 3.63) is 36.9 Å². The number of amides is 1. The van der Waals surface area contributed by atoms with Crippen LogP contribution in [-0.2, 0) is 4.79 Å². The molecule has 7 nitrogen and oxygen atoms in total. The Morgan fingerprint density at radius 1 is 1.21 bits per heavy atom. The molecule has 0 fully saturated rings. The van der Waals surface area contributed by atoms with Crippen molar-refractivity contribution in [1.29, 1.82) is 0 Å². The Morgan fingerprint density at radius 3 is 2.53 bits per heavy atom. The summed E-state index contributed by atoms with van der Waals surface area (Å²) in [6.45, 7) is 3.38. The summed E-state index contributed by atoms with van der Waals surface area (Å²) in [7, 11) is 0. The Bertz CT molecular complexity index is 620. The van der Waals surface area contributed by atoms with E-state index in [1.807, 2.05) is 0 Å². The van der Waals surface area contributed by atoms with Crippen LogP contribution in [0.3, 0.4) is 0 Å². The summed E-state index contributed by atoms with van der Waals surface area (Å²) in [4.78, 5) is 22.9. The lowest BCUT2D eigenvalue weighted by atomic mass is 10.2. The molecule has 0 bridgehead atoms. The standard InChI is InChI=1S/C12H12N6O/c1-2-9(19)15-8-5-3-4-7(6-8)10-16-11(13)18-12(14)17-10/h2-6H,1H2,(H,15,19)(H4,13,14,16,17,18). The van der Waals surface area contributed by atoms with Gasteiger partial charge in [-0.25, -0.2) is 0 Å². The first-order valence-corrected chi connectivity index (χ1v) is 5.39. The zero-order chi connectivity index (χ0) is 13.8. The molecule has 0 radical (unpaired) electrons. The summed E-state index contributed by atoms with van der Waals surface area (Å²) in [5.41, 5.74) is 12.3. The first kappa shape index (κ1) is 12.5. The second-order valence-corrected chi connectivity index (χ2v) is 3.65. The molecule has 0 spiro atoms. The Kier molecular flexibility index (Phi) is 3.37. The van der Waals surface area contributed by atoms with E-state index in [0.29, 0.717) is 17.1 Å². The summed E-state index contributed by atoms with van der Waals surface area (Å²) in [6, 6.07) is 6.97. The number of nitrogens with zero attached hydrogens (tertiary/aromatic N) is 3. The fourth-order valence-electron chi connectivity index (χ4n) is 1.47. The minimum absolute atomic E-state index is 0.0445. The van der Waals surface area contributed by atoms with Gasteiger partial charge in [-0.1, -0.05) is 18.7 Å². The van der Waals surface area contributed by atoms with E-state index in [9.17, 15) is 4.79 Å². The highest BCUT2D eigenvalue weighted by Crippen LogP contribution is 2.20. The van der Waals surface area contributed by atoms with Crippen LogP contribution in [0.4, 0.5) is 17.6 Å². The Labute approximate surface area is 109 Å². The molecule has 1 aromatic carbocycles. The van der Waals surface area contributed by atoms with Gasteiger partial charge < -0.3 is 16.8 Å². The maximum absolute atomic E-state index is 11.2. The van der Waals surface area contributed by atoms with E-state index in [0.717, 1.165) is 0 Å². The highest BCUT2D eigenvalue weighted by Gasteiger charge is 2.06. The average molecular weight is 256 g/mol. The van der Waals surface area contributed by atoms with Crippen LogP contribution in [0, 0.1) is 0 Å². The predicted molar refractivity (Wildman–Crippen MR) is 72.9 cm³/mol. The fourth-order valence-corrected chi connectivity index (χ4v) is 1.47. The summed E-state index contributed by atoms with van der Waals surface area (Å²) in [5.74, 6) is 0.137. The van der Waals surface area contributed by atoms with Gasteiger partial charge in [-0.3, -0.25) is 4.79 Å². The van der Waals surface area contributed by atoms with Gasteiger partial charge in [0.05, 0.1) is 0 Å². The number of nitrogens with two attached hydrogens (primary N) is 2. The van der Waals surface area contributed by atoms with Crippen molar-refractivity contribution in [3.63, 3.8) is 0 Å². The van der Waals surface area contributed by atoms with E-state index >= 15 is 0 Å². The van der Waals surface area contributed by atoms with E-state index in [1.54, 1.807) is 24.3 Å². The molecule has 7 heteroatoms. The Hall–Kier alpha value is -2.96. The van der Waals surface area contributed by atoms with Gasteiger partial charge in [0.2, 0.25) is 17.8 Å². The molecule has 1 amide bonds. The van der Waals surface area contributed by atoms with Crippen molar-refractivity contribution in [1.82, 2.24) is 15.0 Å². The molecule has 0 aliphatic heterocycles. The van der Waals surface area contributed by atoms with Crippen LogP contribution in [0.25, 0.3) is 11.4 Å². The maximum Gasteiger partial charge on any atom is 0.247 e. The lowest BCUT2D eigenvalue weighted by Crippen LogP contribution is -2.07. The second kappa shape index (κ2) is 5.13. The average Bonchev–Trinajstić information content (AvgIpc) is 2.38. The zero-order valence-corrected chi connectivity index (χ0v) is 10.00. The van der Waals surface area contributed by atoms with Crippen LogP contribution < -0.4 is 16.8 Å². The fraction of sp³-hybridized carbons (Fsp3) is 0. The van der Waals surface area contributed by atoms with Crippen LogP contribution in [0.2, 0.25) is 0 Å². The quantitative estimate of drug-likeness (QED) is 0.699. The number of anilines is 3. The first-order chi connectivity index (χ1) is 9.08. The summed E-state index contributed by atoms with van der Waals surface area (Å²) in [6.07, 6.45) is 1.19. The van der Waals surface area contributed by atoms with Crippen molar-refractivity contribution in [3.8, 4) is 11.4 Å². The molecule has 0 unspecified atom stereocenters. The van der Waals surface area contributed by atoms with Crippen molar-refractivity contribution < 1.29 is 4.79 Å². The molecule has 0 saturated carbocycles. The second-order valence-electron chi connectivity index (χ2n) is 3.65. The summed E-state index contributed by atoms with van der Waals surface area (Å²) >= 11 is 0. The Balaban J connectivity index is 2.37. The highest BCUT2D eigenvalue weighted by molar-refractivity contribution is 5.99. The maximum atomic E-state index is 11.2. The van der Waals surface area contributed by atoms with Gasteiger partial charge in [0.25, 0.3) is 0 Å². The number of carbonyl (C=O) groups excluding carboxylic acids is 1. The molecule has 1 heterocycles. The number of hydrogen-bond acceptors (Lipinski definition) is 6. The molecule has 0 atom stereocenters. The molecule has 19 heavy (non-hydrogen) atoms. The molecule has 0 aliphatic rings. The predicted octanol–water partition coefficient (Wildman–Crippen LogP) is 0.827. The normalized spacial score (nSPS) is 9.89. The van der Waals surface area contributed by atoms with Crippen LogP contribution in [0.1, 0.15) is 0 Å². The molecule has 96 valence electrons. The first-order valence-electron chi connectivity index (χ1n) is 5.39. The lowest BCUT2D eigenvalue weighted by Gasteiger charge is -2.05. The SMILES string of the molecule is C=CC(=O)Nc1cccc(-c2nc(N)nc(N)n2)c1. The van der Waals surface area contributed by atoms with Gasteiger partial charge in [0, 0.05) is 11.3 Å². The van der Waals surface area contributed by atoms with Gasteiger partial charge in [0.1, 0.15) is 0 Å². The number of rotatable bonds is 3. The van der Waals surface area contributed by atoms with Crippen molar-refractivity contribution in [2.24, 2.45) is 0 Å². The number of nitrogens with one attached hydrogen (secondary N) is 1. The van der Waals surface area contributed by atoms with Crippen molar-refractivity contribution in [2.75, 3.05) is 16.8 Å². The van der Waals surface area contributed by atoms with Crippen molar-refractivity contribution >= 4 is 23.5 Å². The molecule has 0 aliphatic carbocycles. The number of carbonyl (C=O) groups is 1. The number of nitrogen functional groups attached to an aromatic ring is 2. The largest absolute Gasteiger partial charge is 0.368 e. The third-order valence-corrected chi connectivity index (χ3v) is 2.24. The molecule has 5 N–H and O–H groups in total. The lowest BCUT2D eigenvalue weighted by molar-refractivity contribution is -0.111. The van der Waals surface area contributed by atoms with E-state index in [2.05, 4.69) is 26.8 Å². The van der Waals surface area contributed by atoms with Gasteiger partial charge in [-0.05, 0) is 18.2 Å². The van der Waals surface area contributed by atoms with Gasteiger partial charge in [-0.2, -0.15) is 15.0 Å². The van der Waals surface area contributed by atoms with Crippen molar-refractivity contribution in [2.45, 2.75) is 0 Å². The smallest absolute Gasteiger partial charge is 0.247 e. The van der Waals surface area contributed by atoms with Crippen LogP contribution in [0.15, 0.2) is 36.9 Å². The minimum atomic E-state index is -0.299. The van der Waals surface area contributed by atoms with Crippen LogP contribution in [0.5, 0.6) is 0 Å². The molecular weight excluding hydrogens is 244 g/mol. The van der Waals surface area contributed by atoms with Crippen LogP contribution in [-0.4, -0.2) is 20.9 Å². The van der Waals surface area contributed by atoms with E-state index in [4.69, 9.17) is 11.5 Å². The number of aromatic nitrogens is 3. The van der Waals surface area contributed by atoms with E-state index < -0.39 is 0 Å². The van der Waals surface area contributed by atoms with Gasteiger partial charge in [0.15, 0.2) is 5.82 Å². The highest BCUT2D eigenvalue weighted by atomic mass is 16.1. The number of benzene rings is 1. The Morgan fingerprint density at radius 2 is 1.89 bits per heavy atom. The molecule has 2 aromatic rings. The number of hydrogen-bond donors (Lipinski definition) is 3. The minimum Gasteiger partial charge on any atom is -0.368 e. The topological polar surface area (TPSA) is 120 Å². The van der Waals surface area contributed by atoms with Gasteiger partial charge >= 0.3 is 0 Å². The molecule has 2 rings (SSSR count). The third-order valence-electron chi connectivity index (χ3n) is 2.24. The summed E-state index contributed by atoms with van der Waals surface area (Å²) < 4.78 is 0. The van der Waals surface area contributed by atoms with Crippen LogP contribution >= 0.6 is 0 Å². The molecular formula is C12H12N6O. The van der Waals surface area contributed by atoms with E-state index in [-0.39, 0.29) is 17.8 Å². The summed E-state index contributed by atoms with van der Waals surface area (Å²) in [5, 5.41) is 2.64. The zero-order valence-electron chi connectivity index (χ0n) is 10.00. The monoisotopic (exact) mass is 256 g/mol. The molecule has 0 saturated heterocycles. The third kappa shape index (κ3) is 3.03.